The van der Waals surface area contributed by atoms with Gasteiger partial charge in [0.2, 0.25) is 0 Å². The van der Waals surface area contributed by atoms with E-state index in [1.165, 1.54) is 7.11 Å². The van der Waals surface area contributed by atoms with Gasteiger partial charge in [-0.15, -0.1) is 0 Å². The molecule has 0 bridgehead atoms. The van der Waals surface area contributed by atoms with Gasteiger partial charge < -0.3 is 9.30 Å². The molecule has 0 aliphatic heterocycles. The summed E-state index contributed by atoms with van der Waals surface area (Å²) in [5, 5.41) is 0.737. The highest BCUT2D eigenvalue weighted by atomic mass is 79.9. The molecule has 1 aromatic rings. The number of esters is 1. The molecule has 0 saturated heterocycles. The summed E-state index contributed by atoms with van der Waals surface area (Å²) in [6, 6.07) is 3.64. The Morgan fingerprint density at radius 3 is 2.75 bits per heavy atom. The Labute approximate surface area is 79.5 Å². The average molecular weight is 232 g/mol. The van der Waals surface area contributed by atoms with Gasteiger partial charge in [0.05, 0.1) is 7.11 Å². The number of carbonyl (C=O) groups excluding carboxylic acids is 1. The lowest BCUT2D eigenvalue weighted by Crippen LogP contribution is -2.08. The number of alkyl halides is 1. The summed E-state index contributed by atoms with van der Waals surface area (Å²) in [5.41, 5.74) is 1.63. The summed E-state index contributed by atoms with van der Waals surface area (Å²) < 4.78 is 6.41. The van der Waals surface area contributed by atoms with Crippen LogP contribution in [0, 0.1) is 0 Å². The Kier molecular flexibility index (Phi) is 2.92. The van der Waals surface area contributed by atoms with Crippen LogP contribution in [0.1, 0.15) is 16.2 Å². The molecule has 1 aromatic heterocycles. The van der Waals surface area contributed by atoms with Crippen LogP contribution < -0.4 is 0 Å². The number of nitrogens with zero attached hydrogens (tertiary/aromatic N) is 1. The van der Waals surface area contributed by atoms with Crippen LogP contribution in [0.2, 0.25) is 0 Å². The van der Waals surface area contributed by atoms with Crippen LogP contribution in [-0.2, 0) is 17.1 Å². The molecule has 3 nitrogen and oxygen atoms in total. The van der Waals surface area contributed by atoms with Gasteiger partial charge in [0.15, 0.2) is 0 Å². The normalized spacial score (nSPS) is 9.92. The molecule has 0 atom stereocenters. The number of ether oxygens (including phenoxy) is 1. The van der Waals surface area contributed by atoms with Crippen molar-refractivity contribution < 1.29 is 9.53 Å². The zero-order chi connectivity index (χ0) is 9.14. The molecule has 0 spiro atoms. The van der Waals surface area contributed by atoms with E-state index < -0.39 is 0 Å². The van der Waals surface area contributed by atoms with Crippen molar-refractivity contribution in [1.82, 2.24) is 4.57 Å². The van der Waals surface area contributed by atoms with Crippen LogP contribution in [0.25, 0.3) is 0 Å². The van der Waals surface area contributed by atoms with Gasteiger partial charge in [-0.2, -0.15) is 0 Å². The molecule has 4 heteroatoms. The van der Waals surface area contributed by atoms with E-state index in [0.29, 0.717) is 5.69 Å². The molecule has 0 amide bonds. The summed E-state index contributed by atoms with van der Waals surface area (Å²) >= 11 is 3.32. The molecule has 12 heavy (non-hydrogen) atoms. The van der Waals surface area contributed by atoms with Crippen molar-refractivity contribution in [3.05, 3.63) is 23.5 Å². The lowest BCUT2D eigenvalue weighted by molar-refractivity contribution is 0.0589. The minimum atomic E-state index is -0.301. The fraction of sp³-hybridized carbons (Fsp3) is 0.375. The molecule has 0 fully saturated rings. The molecule has 0 N–H and O–H groups in total. The van der Waals surface area contributed by atoms with E-state index in [-0.39, 0.29) is 5.97 Å². The summed E-state index contributed by atoms with van der Waals surface area (Å²) in [5.74, 6) is -0.301. The van der Waals surface area contributed by atoms with E-state index >= 15 is 0 Å². The van der Waals surface area contributed by atoms with Crippen molar-refractivity contribution in [3.63, 3.8) is 0 Å². The zero-order valence-corrected chi connectivity index (χ0v) is 8.59. The fourth-order valence-corrected chi connectivity index (χ4v) is 1.56. The minimum absolute atomic E-state index is 0.301. The van der Waals surface area contributed by atoms with Crippen LogP contribution in [0.15, 0.2) is 12.1 Å². The van der Waals surface area contributed by atoms with Gasteiger partial charge in [0, 0.05) is 18.1 Å². The molecule has 0 unspecified atom stereocenters. The Morgan fingerprint density at radius 1 is 1.67 bits per heavy atom. The van der Waals surface area contributed by atoms with Gasteiger partial charge in [-0.05, 0) is 12.1 Å². The van der Waals surface area contributed by atoms with E-state index in [9.17, 15) is 4.79 Å². The Morgan fingerprint density at radius 2 is 2.33 bits per heavy atom. The third kappa shape index (κ3) is 1.53. The predicted molar refractivity (Wildman–Crippen MR) is 49.4 cm³/mol. The van der Waals surface area contributed by atoms with Crippen LogP contribution in [0.5, 0.6) is 0 Å². The highest BCUT2D eigenvalue weighted by Gasteiger charge is 2.11. The first-order valence-corrected chi connectivity index (χ1v) is 4.61. The maximum atomic E-state index is 11.1. The second-order valence-electron chi connectivity index (χ2n) is 2.39. The first-order valence-electron chi connectivity index (χ1n) is 3.49. The molecule has 1 rings (SSSR count). The first kappa shape index (κ1) is 9.32. The smallest absolute Gasteiger partial charge is 0.354 e. The topological polar surface area (TPSA) is 31.2 Å². The molecule has 0 saturated carbocycles. The zero-order valence-electron chi connectivity index (χ0n) is 7.00. The maximum absolute atomic E-state index is 11.1. The number of aromatic nitrogens is 1. The van der Waals surface area contributed by atoms with E-state index in [1.54, 1.807) is 10.6 Å². The van der Waals surface area contributed by atoms with Crippen molar-refractivity contribution in [3.8, 4) is 0 Å². The van der Waals surface area contributed by atoms with Crippen molar-refractivity contribution >= 4 is 21.9 Å². The number of hydrogen-bond donors (Lipinski definition) is 0. The van der Waals surface area contributed by atoms with Gasteiger partial charge in [0.1, 0.15) is 5.69 Å². The molecule has 66 valence electrons. The van der Waals surface area contributed by atoms with Crippen LogP contribution in [-0.4, -0.2) is 17.6 Å². The Bertz CT molecular complexity index is 293. The van der Waals surface area contributed by atoms with Crippen LogP contribution >= 0.6 is 15.9 Å². The summed E-state index contributed by atoms with van der Waals surface area (Å²) in [4.78, 5) is 11.1. The molecule has 0 radical (unpaired) electrons. The van der Waals surface area contributed by atoms with Crippen molar-refractivity contribution in [2.75, 3.05) is 7.11 Å². The Hall–Kier alpha value is -0.770. The number of hydrogen-bond acceptors (Lipinski definition) is 2. The predicted octanol–water partition coefficient (Wildman–Crippen LogP) is 1.71. The average Bonchev–Trinajstić information content (AvgIpc) is 2.45. The summed E-state index contributed by atoms with van der Waals surface area (Å²) in [7, 11) is 3.21. The van der Waals surface area contributed by atoms with E-state index in [4.69, 9.17) is 0 Å². The number of halogens is 1. The molecule has 0 aliphatic carbocycles. The molecule has 0 aromatic carbocycles. The molecule has 1 heterocycles. The second kappa shape index (κ2) is 3.76. The molecular formula is C8H10BrNO2. The second-order valence-corrected chi connectivity index (χ2v) is 2.95. The largest absolute Gasteiger partial charge is 0.464 e. The third-order valence-electron chi connectivity index (χ3n) is 1.76. The molecular weight excluding hydrogens is 222 g/mol. The Balaban J connectivity index is 3.02. The number of methoxy groups -OCH3 is 1. The van der Waals surface area contributed by atoms with Crippen molar-refractivity contribution in [2.24, 2.45) is 7.05 Å². The maximum Gasteiger partial charge on any atom is 0.354 e. The van der Waals surface area contributed by atoms with E-state index in [2.05, 4.69) is 20.7 Å². The quantitative estimate of drug-likeness (QED) is 0.574. The molecule has 0 aliphatic rings. The number of rotatable bonds is 2. The number of carbonyl (C=O) groups is 1. The summed E-state index contributed by atoms with van der Waals surface area (Å²) in [6.07, 6.45) is 0. The first-order chi connectivity index (χ1) is 5.70. The monoisotopic (exact) mass is 231 g/mol. The van der Waals surface area contributed by atoms with Gasteiger partial charge in [-0.3, -0.25) is 0 Å². The lowest BCUT2D eigenvalue weighted by Gasteiger charge is -2.02. The highest BCUT2D eigenvalue weighted by Crippen LogP contribution is 2.11. The third-order valence-corrected chi connectivity index (χ3v) is 2.33. The van der Waals surface area contributed by atoms with E-state index in [1.807, 2.05) is 13.1 Å². The van der Waals surface area contributed by atoms with Gasteiger partial charge in [-0.25, -0.2) is 4.79 Å². The van der Waals surface area contributed by atoms with Crippen molar-refractivity contribution in [1.29, 1.82) is 0 Å². The van der Waals surface area contributed by atoms with Crippen molar-refractivity contribution in [2.45, 2.75) is 5.33 Å². The fourth-order valence-electron chi connectivity index (χ4n) is 0.997. The van der Waals surface area contributed by atoms with Gasteiger partial charge in [0.25, 0.3) is 0 Å². The van der Waals surface area contributed by atoms with Crippen LogP contribution in [0.3, 0.4) is 0 Å². The summed E-state index contributed by atoms with van der Waals surface area (Å²) in [6.45, 7) is 0. The standard InChI is InChI=1S/C8H10BrNO2/c1-10-6(5-9)3-4-7(10)8(11)12-2/h3-4H,5H2,1-2H3. The highest BCUT2D eigenvalue weighted by molar-refractivity contribution is 9.08. The minimum Gasteiger partial charge on any atom is -0.464 e. The van der Waals surface area contributed by atoms with Crippen LogP contribution in [0.4, 0.5) is 0 Å². The SMILES string of the molecule is COC(=O)c1ccc(CBr)n1C. The van der Waals surface area contributed by atoms with E-state index in [0.717, 1.165) is 11.0 Å². The van der Waals surface area contributed by atoms with Gasteiger partial charge >= 0.3 is 5.97 Å². The lowest BCUT2D eigenvalue weighted by atomic mass is 10.4. The van der Waals surface area contributed by atoms with Gasteiger partial charge in [-0.1, -0.05) is 15.9 Å².